The van der Waals surface area contributed by atoms with E-state index in [0.717, 1.165) is 0 Å². The molecular formula is C22H22N2O7. The van der Waals surface area contributed by atoms with Gasteiger partial charge in [-0.05, 0) is 19.4 Å². The number of carbonyl (C=O) groups excluding carboxylic acids is 4. The number of hydrogen-bond acceptors (Lipinski definition) is 9. The van der Waals surface area contributed by atoms with Crippen LogP contribution in [0.25, 0.3) is 0 Å². The molecule has 9 heteroatoms. The highest BCUT2D eigenvalue weighted by molar-refractivity contribution is 6.18. The van der Waals surface area contributed by atoms with Crippen LogP contribution in [0.1, 0.15) is 31.7 Å². The van der Waals surface area contributed by atoms with Crippen molar-refractivity contribution < 1.29 is 33.4 Å². The van der Waals surface area contributed by atoms with Crippen LogP contribution >= 0.6 is 0 Å². The van der Waals surface area contributed by atoms with Crippen LogP contribution in [0.4, 0.5) is 5.69 Å². The second-order valence-electron chi connectivity index (χ2n) is 7.37. The minimum absolute atomic E-state index is 0.0270. The van der Waals surface area contributed by atoms with Gasteiger partial charge in [0.1, 0.15) is 23.7 Å². The fraction of sp³-hybridized carbons (Fsp3) is 0.364. The fourth-order valence-electron chi connectivity index (χ4n) is 4.54. The third-order valence-electron chi connectivity index (χ3n) is 5.78. The Bertz CT molecular complexity index is 1070. The van der Waals surface area contributed by atoms with E-state index in [2.05, 4.69) is 0 Å². The minimum Gasteiger partial charge on any atom is -0.468 e. The molecule has 1 atom stereocenters. The van der Waals surface area contributed by atoms with E-state index in [4.69, 9.17) is 19.9 Å². The van der Waals surface area contributed by atoms with E-state index in [-0.39, 0.29) is 48.1 Å². The summed E-state index contributed by atoms with van der Waals surface area (Å²) >= 11 is 0. The molecule has 0 saturated heterocycles. The largest absolute Gasteiger partial charge is 0.468 e. The van der Waals surface area contributed by atoms with Crippen LogP contribution in [0.15, 0.2) is 47.0 Å². The van der Waals surface area contributed by atoms with E-state index in [0.29, 0.717) is 24.1 Å². The lowest BCUT2D eigenvalue weighted by atomic mass is 9.64. The van der Waals surface area contributed by atoms with Crippen molar-refractivity contribution in [2.75, 3.05) is 25.2 Å². The highest BCUT2D eigenvalue weighted by Gasteiger charge is 2.63. The maximum absolute atomic E-state index is 13.5. The first kappa shape index (κ1) is 20.6. The molecule has 0 radical (unpaired) electrons. The molecule has 0 unspecified atom stereocenters. The SMILES string of the molecule is CCOC(=O)C1=C(N)N(CC(=O)OC)c2ccccc2[C@@]12C(=O)OC1=C2C(=O)CCC1. The lowest BCUT2D eigenvalue weighted by molar-refractivity contribution is -0.146. The van der Waals surface area contributed by atoms with Crippen molar-refractivity contribution in [1.29, 1.82) is 0 Å². The highest BCUT2D eigenvalue weighted by atomic mass is 16.6. The van der Waals surface area contributed by atoms with Crippen LogP contribution in [0.5, 0.6) is 0 Å². The number of anilines is 1. The molecule has 9 nitrogen and oxygen atoms in total. The van der Waals surface area contributed by atoms with Gasteiger partial charge in [-0.2, -0.15) is 0 Å². The Kier molecular flexibility index (Phi) is 5.04. The molecule has 0 amide bonds. The zero-order valence-electron chi connectivity index (χ0n) is 17.2. The van der Waals surface area contributed by atoms with Gasteiger partial charge in [-0.3, -0.25) is 9.59 Å². The van der Waals surface area contributed by atoms with Crippen molar-refractivity contribution in [1.82, 2.24) is 0 Å². The van der Waals surface area contributed by atoms with Gasteiger partial charge in [0.15, 0.2) is 11.2 Å². The number of ether oxygens (including phenoxy) is 3. The molecular weight excluding hydrogens is 404 g/mol. The van der Waals surface area contributed by atoms with Gasteiger partial charge in [-0.15, -0.1) is 0 Å². The molecule has 0 fully saturated rings. The van der Waals surface area contributed by atoms with Gasteiger partial charge in [0.2, 0.25) is 0 Å². The second-order valence-corrected chi connectivity index (χ2v) is 7.37. The summed E-state index contributed by atoms with van der Waals surface area (Å²) in [6.45, 7) is 1.35. The van der Waals surface area contributed by atoms with Gasteiger partial charge in [-0.25, -0.2) is 9.59 Å². The number of methoxy groups -OCH3 is 1. The van der Waals surface area contributed by atoms with Crippen LogP contribution in [0.2, 0.25) is 0 Å². The van der Waals surface area contributed by atoms with Gasteiger partial charge in [0, 0.05) is 24.1 Å². The molecule has 0 bridgehead atoms. The molecule has 1 spiro atoms. The first-order valence-corrected chi connectivity index (χ1v) is 9.98. The number of nitrogens with two attached hydrogens (primary N) is 1. The number of Topliss-reactive ketones (excluding diaryl/α,β-unsaturated/α-hetero) is 1. The fourth-order valence-corrected chi connectivity index (χ4v) is 4.54. The summed E-state index contributed by atoms with van der Waals surface area (Å²) in [6, 6.07) is 6.68. The summed E-state index contributed by atoms with van der Waals surface area (Å²) < 4.78 is 15.5. The zero-order valence-corrected chi connectivity index (χ0v) is 17.2. The third kappa shape index (κ3) is 2.83. The summed E-state index contributed by atoms with van der Waals surface area (Å²) in [4.78, 5) is 53.1. The first-order chi connectivity index (χ1) is 14.9. The van der Waals surface area contributed by atoms with E-state index in [1.807, 2.05) is 0 Å². The third-order valence-corrected chi connectivity index (χ3v) is 5.78. The Morgan fingerprint density at radius 2 is 1.97 bits per heavy atom. The highest BCUT2D eigenvalue weighted by Crippen LogP contribution is 2.55. The Morgan fingerprint density at radius 1 is 1.23 bits per heavy atom. The monoisotopic (exact) mass is 426 g/mol. The van der Waals surface area contributed by atoms with E-state index in [9.17, 15) is 19.2 Å². The smallest absolute Gasteiger partial charge is 0.339 e. The van der Waals surface area contributed by atoms with E-state index in [1.165, 1.54) is 12.0 Å². The van der Waals surface area contributed by atoms with Crippen molar-refractivity contribution in [2.24, 2.45) is 5.73 Å². The average Bonchev–Trinajstić information content (AvgIpc) is 3.04. The topological polar surface area (TPSA) is 125 Å². The Labute approximate surface area is 178 Å². The maximum Gasteiger partial charge on any atom is 0.339 e. The summed E-state index contributed by atoms with van der Waals surface area (Å²) in [7, 11) is 1.23. The Morgan fingerprint density at radius 3 is 2.68 bits per heavy atom. The Balaban J connectivity index is 2.07. The average molecular weight is 426 g/mol. The number of allylic oxidation sites excluding steroid dienone is 1. The molecule has 2 N–H and O–H groups in total. The molecule has 2 heterocycles. The molecule has 2 aliphatic heterocycles. The van der Waals surface area contributed by atoms with Crippen LogP contribution in [-0.4, -0.2) is 44.0 Å². The van der Waals surface area contributed by atoms with Gasteiger partial charge in [0.25, 0.3) is 0 Å². The van der Waals surface area contributed by atoms with Crippen molar-refractivity contribution in [3.8, 4) is 0 Å². The lowest BCUT2D eigenvalue weighted by Gasteiger charge is -2.41. The maximum atomic E-state index is 13.5. The number of nitrogens with zero attached hydrogens (tertiary/aromatic N) is 1. The Hall–Kier alpha value is -3.62. The molecule has 0 aromatic heterocycles. The molecule has 1 aromatic carbocycles. The number of carbonyl (C=O) groups is 4. The lowest BCUT2D eigenvalue weighted by Crippen LogP contribution is -2.51. The molecule has 162 valence electrons. The number of hydrogen-bond donors (Lipinski definition) is 1. The number of rotatable bonds is 4. The van der Waals surface area contributed by atoms with Crippen LogP contribution in [-0.2, 0) is 38.8 Å². The second kappa shape index (κ2) is 7.57. The van der Waals surface area contributed by atoms with Crippen LogP contribution in [0, 0.1) is 0 Å². The van der Waals surface area contributed by atoms with E-state index < -0.39 is 23.3 Å². The number of para-hydroxylation sites is 1. The summed E-state index contributed by atoms with van der Waals surface area (Å²) in [5.74, 6) is -2.41. The standard InChI is InChI=1S/C22H22N2O7/c1-3-30-20(27)18-19(23)24(11-16(26)29-2)13-8-5-4-7-12(13)22(18)17-14(25)9-6-10-15(17)31-21(22)28/h4-5,7-8H,3,6,9-11,23H2,1-2H3/t22-/m0/s1. The predicted molar refractivity (Wildman–Crippen MR) is 107 cm³/mol. The predicted octanol–water partition coefficient (Wildman–Crippen LogP) is 1.21. The van der Waals surface area contributed by atoms with Crippen molar-refractivity contribution in [3.05, 3.63) is 52.6 Å². The van der Waals surface area contributed by atoms with E-state index in [1.54, 1.807) is 31.2 Å². The van der Waals surface area contributed by atoms with Crippen molar-refractivity contribution >= 4 is 29.4 Å². The van der Waals surface area contributed by atoms with E-state index >= 15 is 0 Å². The van der Waals surface area contributed by atoms with Crippen molar-refractivity contribution in [3.63, 3.8) is 0 Å². The number of benzene rings is 1. The quantitative estimate of drug-likeness (QED) is 0.559. The first-order valence-electron chi connectivity index (χ1n) is 9.98. The van der Waals surface area contributed by atoms with Crippen molar-refractivity contribution in [2.45, 2.75) is 31.6 Å². The zero-order chi connectivity index (χ0) is 22.3. The van der Waals surface area contributed by atoms with Gasteiger partial charge >= 0.3 is 17.9 Å². The number of esters is 3. The molecule has 4 rings (SSSR count). The van der Waals surface area contributed by atoms with Gasteiger partial charge in [0.05, 0.1) is 19.3 Å². The summed E-state index contributed by atoms with van der Waals surface area (Å²) in [5.41, 5.74) is 5.22. The molecule has 1 aliphatic carbocycles. The number of fused-ring (bicyclic) bond motifs is 3. The summed E-state index contributed by atoms with van der Waals surface area (Å²) in [5, 5.41) is 0. The molecule has 3 aliphatic rings. The summed E-state index contributed by atoms with van der Waals surface area (Å²) in [6.07, 6.45) is 1.17. The molecule has 1 aromatic rings. The minimum atomic E-state index is -1.84. The molecule has 31 heavy (non-hydrogen) atoms. The normalized spacial score (nSPS) is 22.3. The van der Waals surface area contributed by atoms with Crippen LogP contribution in [0.3, 0.4) is 0 Å². The number of ketones is 1. The van der Waals surface area contributed by atoms with Gasteiger partial charge in [-0.1, -0.05) is 18.2 Å². The van der Waals surface area contributed by atoms with Gasteiger partial charge < -0.3 is 24.8 Å². The van der Waals surface area contributed by atoms with Crippen LogP contribution < -0.4 is 10.6 Å². The molecule has 0 saturated carbocycles.